The molecule has 0 aliphatic rings. The number of benzene rings is 1. The van der Waals surface area contributed by atoms with Crippen molar-refractivity contribution in [3.05, 3.63) is 28.7 Å². The summed E-state index contributed by atoms with van der Waals surface area (Å²) in [5.74, 6) is -2.40. The summed E-state index contributed by atoms with van der Waals surface area (Å²) < 4.78 is 37.4. The summed E-state index contributed by atoms with van der Waals surface area (Å²) in [6, 6.07) is 5.17. The third-order valence-corrected chi connectivity index (χ3v) is 3.38. The molecule has 1 N–H and O–H groups in total. The lowest BCUT2D eigenvalue weighted by molar-refractivity contribution is -0.153. The second kappa shape index (κ2) is 4.36. The van der Waals surface area contributed by atoms with Crippen LogP contribution in [0.5, 0.6) is 0 Å². The minimum atomic E-state index is -4.27. The summed E-state index contributed by atoms with van der Waals surface area (Å²) in [4.78, 5) is 9.92. The molecule has 0 aliphatic heterocycles. The molecule has 1 rings (SSSR count). The lowest BCUT2D eigenvalue weighted by Gasteiger charge is -2.10. The number of carboxylic acid groups (broad SMARTS) is 1. The zero-order valence-electron chi connectivity index (χ0n) is 7.12. The van der Waals surface area contributed by atoms with Crippen LogP contribution in [-0.4, -0.2) is 20.5 Å². The fourth-order valence-electron chi connectivity index (χ4n) is 0.786. The number of carboxylic acids is 1. The van der Waals surface area contributed by atoms with E-state index in [0.717, 1.165) is 0 Å². The Kier molecular flexibility index (Phi) is 3.56. The first kappa shape index (κ1) is 12.3. The summed E-state index contributed by atoms with van der Waals surface area (Å²) >= 11 is 3.07. The van der Waals surface area contributed by atoms with Crippen LogP contribution in [0.25, 0.3) is 0 Å². The molecule has 0 aliphatic carbocycles. The Morgan fingerprint density at radius 2 is 1.80 bits per heavy atom. The third-order valence-electron chi connectivity index (χ3n) is 1.51. The smallest absolute Gasteiger partial charge is 0.419 e. The van der Waals surface area contributed by atoms with Crippen LogP contribution >= 0.6 is 15.9 Å². The van der Waals surface area contributed by atoms with E-state index in [-0.39, 0.29) is 4.90 Å². The Balaban J connectivity index is 3.05. The van der Waals surface area contributed by atoms with Gasteiger partial charge in [-0.25, -0.2) is 9.00 Å². The van der Waals surface area contributed by atoms with Crippen molar-refractivity contribution < 1.29 is 22.9 Å². The molecule has 3 nitrogen and oxygen atoms in total. The molecule has 0 spiro atoms. The van der Waals surface area contributed by atoms with E-state index in [1.54, 1.807) is 0 Å². The summed E-state index contributed by atoms with van der Waals surface area (Å²) in [6.45, 7) is 0. The fraction of sp³-hybridized carbons (Fsp3) is 0.125. The van der Waals surface area contributed by atoms with E-state index in [4.69, 9.17) is 5.11 Å². The van der Waals surface area contributed by atoms with Gasteiger partial charge in [0.1, 0.15) is 10.8 Å². The molecule has 82 valence electrons. The average Bonchev–Trinajstić information content (AvgIpc) is 2.17. The van der Waals surface area contributed by atoms with Gasteiger partial charge in [0.15, 0.2) is 0 Å². The zero-order chi connectivity index (χ0) is 11.6. The number of alkyl halides is 2. The van der Waals surface area contributed by atoms with E-state index < -0.39 is 22.0 Å². The number of hydrogen-bond donors (Lipinski definition) is 1. The van der Waals surface area contributed by atoms with Gasteiger partial charge in [-0.2, -0.15) is 8.78 Å². The first-order valence-corrected chi connectivity index (χ1v) is 5.58. The van der Waals surface area contributed by atoms with Crippen molar-refractivity contribution in [2.24, 2.45) is 0 Å². The van der Waals surface area contributed by atoms with Crippen LogP contribution in [0.1, 0.15) is 0 Å². The highest BCUT2D eigenvalue weighted by Crippen LogP contribution is 2.26. The van der Waals surface area contributed by atoms with Crippen molar-refractivity contribution in [2.45, 2.75) is 10.2 Å². The molecule has 7 heteroatoms. The second-order valence-electron chi connectivity index (χ2n) is 2.54. The van der Waals surface area contributed by atoms with Crippen molar-refractivity contribution in [2.75, 3.05) is 0 Å². The van der Waals surface area contributed by atoms with Gasteiger partial charge in [-0.05, 0) is 24.3 Å². The molecule has 1 unspecified atom stereocenters. The maximum Gasteiger partial charge on any atom is 0.419 e. The molecule has 15 heavy (non-hydrogen) atoms. The number of carbonyl (C=O) groups is 1. The Morgan fingerprint density at radius 1 is 1.33 bits per heavy atom. The number of aliphatic carboxylic acids is 1. The Hall–Kier alpha value is -0.820. The van der Waals surface area contributed by atoms with Gasteiger partial charge in [-0.1, -0.05) is 15.9 Å². The lowest BCUT2D eigenvalue weighted by Crippen LogP contribution is -2.33. The van der Waals surface area contributed by atoms with Gasteiger partial charge in [0, 0.05) is 9.37 Å². The Bertz CT molecular complexity index is 405. The predicted octanol–water partition coefficient (Wildman–Crippen LogP) is 2.23. The highest BCUT2D eigenvalue weighted by atomic mass is 79.9. The van der Waals surface area contributed by atoms with Crippen LogP contribution in [0.15, 0.2) is 33.6 Å². The zero-order valence-corrected chi connectivity index (χ0v) is 9.52. The van der Waals surface area contributed by atoms with Gasteiger partial charge in [-0.15, -0.1) is 0 Å². The third kappa shape index (κ3) is 2.60. The van der Waals surface area contributed by atoms with Gasteiger partial charge >= 0.3 is 11.2 Å². The average molecular weight is 299 g/mol. The molecular weight excluding hydrogens is 294 g/mol. The minimum Gasteiger partial charge on any atom is -0.476 e. The van der Waals surface area contributed by atoms with E-state index in [9.17, 15) is 17.8 Å². The topological polar surface area (TPSA) is 54.4 Å². The molecule has 0 fully saturated rings. The largest absolute Gasteiger partial charge is 0.476 e. The monoisotopic (exact) mass is 298 g/mol. The molecule has 0 amide bonds. The predicted molar refractivity (Wildman–Crippen MR) is 53.1 cm³/mol. The molecule has 0 saturated carbocycles. The molecule has 0 bridgehead atoms. The first-order chi connectivity index (χ1) is 6.85. The number of hydrogen-bond acceptors (Lipinski definition) is 2. The number of rotatable bonds is 3. The SMILES string of the molecule is O=C(O)C(F)(F)S(=O)c1ccc(Br)cc1. The van der Waals surface area contributed by atoms with Crippen LogP contribution in [0, 0.1) is 0 Å². The highest BCUT2D eigenvalue weighted by molar-refractivity contribution is 9.10. The minimum absolute atomic E-state index is 0.231. The molecule has 0 heterocycles. The molecule has 0 saturated heterocycles. The van der Waals surface area contributed by atoms with Gasteiger partial charge in [-0.3, -0.25) is 0 Å². The maximum absolute atomic E-state index is 12.8. The highest BCUT2D eigenvalue weighted by Gasteiger charge is 2.46. The quantitative estimate of drug-likeness (QED) is 0.931. The molecule has 0 radical (unpaired) electrons. The van der Waals surface area contributed by atoms with Gasteiger partial charge in [0.2, 0.25) is 0 Å². The first-order valence-electron chi connectivity index (χ1n) is 3.64. The van der Waals surface area contributed by atoms with Gasteiger partial charge in [0.25, 0.3) is 0 Å². The Labute approximate surface area is 94.7 Å². The molecule has 1 aromatic carbocycles. The molecule has 0 aromatic heterocycles. The van der Waals surface area contributed by atoms with E-state index >= 15 is 0 Å². The van der Waals surface area contributed by atoms with Crippen LogP contribution in [0.4, 0.5) is 8.78 Å². The van der Waals surface area contributed by atoms with Crippen molar-refractivity contribution in [3.8, 4) is 0 Å². The van der Waals surface area contributed by atoms with Crippen LogP contribution in [0.2, 0.25) is 0 Å². The Morgan fingerprint density at radius 3 is 2.20 bits per heavy atom. The second-order valence-corrected chi connectivity index (χ2v) is 4.98. The summed E-state index contributed by atoms with van der Waals surface area (Å²) in [5, 5.41) is 3.91. The molecule has 1 atom stereocenters. The van der Waals surface area contributed by atoms with E-state index in [1.165, 1.54) is 24.3 Å². The van der Waals surface area contributed by atoms with Crippen molar-refractivity contribution in [1.29, 1.82) is 0 Å². The van der Waals surface area contributed by atoms with Crippen LogP contribution in [-0.2, 0) is 15.6 Å². The lowest BCUT2D eigenvalue weighted by atomic mass is 10.4. The summed E-state index contributed by atoms with van der Waals surface area (Å²) in [6.07, 6.45) is 0. The number of halogens is 3. The summed E-state index contributed by atoms with van der Waals surface area (Å²) in [5.41, 5.74) is 0. The van der Waals surface area contributed by atoms with Gasteiger partial charge < -0.3 is 5.11 Å². The summed E-state index contributed by atoms with van der Waals surface area (Å²) in [7, 11) is -2.89. The standard InChI is InChI=1S/C8H5BrF2O3S/c9-5-1-3-6(4-2-5)15(14)8(10,11)7(12)13/h1-4H,(H,12,13). The fourth-order valence-corrected chi connectivity index (χ4v) is 1.89. The normalized spacial score (nSPS) is 13.5. The van der Waals surface area contributed by atoms with Crippen molar-refractivity contribution in [3.63, 3.8) is 0 Å². The van der Waals surface area contributed by atoms with E-state index in [2.05, 4.69) is 15.9 Å². The molecular formula is C8H5BrF2O3S. The molecule has 1 aromatic rings. The van der Waals surface area contributed by atoms with Gasteiger partial charge in [0.05, 0.1) is 0 Å². The van der Waals surface area contributed by atoms with Crippen molar-refractivity contribution in [1.82, 2.24) is 0 Å². The van der Waals surface area contributed by atoms with Crippen LogP contribution < -0.4 is 0 Å². The van der Waals surface area contributed by atoms with E-state index in [0.29, 0.717) is 4.47 Å². The van der Waals surface area contributed by atoms with E-state index in [1.807, 2.05) is 0 Å². The van der Waals surface area contributed by atoms with Crippen molar-refractivity contribution >= 4 is 32.7 Å². The maximum atomic E-state index is 12.8. The van der Waals surface area contributed by atoms with Crippen LogP contribution in [0.3, 0.4) is 0 Å².